The molecule has 7 nitrogen and oxygen atoms in total. The molecule has 3 aromatic rings. The van der Waals surface area contributed by atoms with E-state index in [2.05, 4.69) is 20.0 Å². The number of methoxy groups -OCH3 is 1. The van der Waals surface area contributed by atoms with Crippen molar-refractivity contribution in [3.05, 3.63) is 65.1 Å². The SMILES string of the molecule is COc1ccnc(N2CCC(n3nc(-c4ccccc4)ccc3=O)CC2)n1. The number of hydrogen-bond donors (Lipinski definition) is 0. The first kappa shape index (κ1) is 17.2. The standard InChI is InChI=1S/C20H21N5O2/c1-27-18-9-12-21-20(22-18)24-13-10-16(11-14-24)25-19(26)8-7-17(23-25)15-5-3-2-4-6-15/h2-9,12,16H,10-11,13-14H2,1H3. The highest BCUT2D eigenvalue weighted by atomic mass is 16.5. The van der Waals surface area contributed by atoms with Gasteiger partial charge in [-0.25, -0.2) is 9.67 Å². The highest BCUT2D eigenvalue weighted by molar-refractivity contribution is 5.57. The van der Waals surface area contributed by atoms with Crippen LogP contribution in [-0.4, -0.2) is 39.9 Å². The van der Waals surface area contributed by atoms with E-state index in [0.29, 0.717) is 11.8 Å². The Morgan fingerprint density at radius 1 is 1.04 bits per heavy atom. The summed E-state index contributed by atoms with van der Waals surface area (Å²) < 4.78 is 6.80. The second kappa shape index (κ2) is 7.57. The zero-order valence-electron chi connectivity index (χ0n) is 15.2. The van der Waals surface area contributed by atoms with Crippen LogP contribution < -0.4 is 15.2 Å². The Kier molecular flexibility index (Phi) is 4.82. The summed E-state index contributed by atoms with van der Waals surface area (Å²) in [5.41, 5.74) is 1.76. The van der Waals surface area contributed by atoms with E-state index in [9.17, 15) is 4.79 Å². The van der Waals surface area contributed by atoms with Crippen molar-refractivity contribution in [3.63, 3.8) is 0 Å². The first-order valence-electron chi connectivity index (χ1n) is 9.02. The Balaban J connectivity index is 1.52. The fraction of sp³-hybridized carbons (Fsp3) is 0.300. The third-order valence-electron chi connectivity index (χ3n) is 4.81. The Bertz CT molecular complexity index is 965. The van der Waals surface area contributed by atoms with Crippen LogP contribution in [0.1, 0.15) is 18.9 Å². The van der Waals surface area contributed by atoms with Crippen LogP contribution >= 0.6 is 0 Å². The van der Waals surface area contributed by atoms with E-state index in [-0.39, 0.29) is 11.6 Å². The molecular formula is C20H21N5O2. The van der Waals surface area contributed by atoms with E-state index >= 15 is 0 Å². The van der Waals surface area contributed by atoms with Crippen molar-refractivity contribution in [1.29, 1.82) is 0 Å². The van der Waals surface area contributed by atoms with Crippen molar-refractivity contribution < 1.29 is 4.74 Å². The fourth-order valence-corrected chi connectivity index (χ4v) is 3.36. The molecule has 1 saturated heterocycles. The van der Waals surface area contributed by atoms with E-state index in [0.717, 1.165) is 37.2 Å². The topological polar surface area (TPSA) is 73.1 Å². The smallest absolute Gasteiger partial charge is 0.267 e. The molecule has 0 unspecified atom stereocenters. The summed E-state index contributed by atoms with van der Waals surface area (Å²) >= 11 is 0. The Hall–Kier alpha value is -3.22. The third kappa shape index (κ3) is 3.67. The lowest BCUT2D eigenvalue weighted by molar-refractivity contribution is 0.351. The first-order chi connectivity index (χ1) is 13.2. The number of benzene rings is 1. The minimum Gasteiger partial charge on any atom is -0.481 e. The van der Waals surface area contributed by atoms with Gasteiger partial charge in [-0.2, -0.15) is 10.1 Å². The van der Waals surface area contributed by atoms with Gasteiger partial charge in [0, 0.05) is 37.0 Å². The van der Waals surface area contributed by atoms with Crippen molar-refractivity contribution in [1.82, 2.24) is 19.7 Å². The summed E-state index contributed by atoms with van der Waals surface area (Å²) in [4.78, 5) is 23.2. The molecule has 1 aliphatic heterocycles. The molecule has 0 radical (unpaired) electrons. The molecule has 138 valence electrons. The lowest BCUT2D eigenvalue weighted by atomic mass is 10.1. The fourth-order valence-electron chi connectivity index (χ4n) is 3.36. The van der Waals surface area contributed by atoms with Crippen LogP contribution in [0.25, 0.3) is 11.3 Å². The molecule has 0 bridgehead atoms. The largest absolute Gasteiger partial charge is 0.481 e. The van der Waals surface area contributed by atoms with Gasteiger partial charge >= 0.3 is 0 Å². The average molecular weight is 363 g/mol. The summed E-state index contributed by atoms with van der Waals surface area (Å²) in [5, 5.41) is 4.63. The third-order valence-corrected chi connectivity index (χ3v) is 4.81. The van der Waals surface area contributed by atoms with Crippen LogP contribution in [0.5, 0.6) is 5.88 Å². The number of rotatable bonds is 4. The van der Waals surface area contributed by atoms with Crippen LogP contribution in [-0.2, 0) is 0 Å². The minimum absolute atomic E-state index is 0.0641. The lowest BCUT2D eigenvalue weighted by Crippen LogP contribution is -2.39. The van der Waals surface area contributed by atoms with E-state index < -0.39 is 0 Å². The molecule has 3 heterocycles. The molecule has 1 aliphatic rings. The van der Waals surface area contributed by atoms with Gasteiger partial charge in [-0.05, 0) is 18.9 Å². The molecular weight excluding hydrogens is 342 g/mol. The van der Waals surface area contributed by atoms with Gasteiger partial charge in [0.1, 0.15) is 0 Å². The maximum atomic E-state index is 12.4. The first-order valence-corrected chi connectivity index (χ1v) is 9.02. The van der Waals surface area contributed by atoms with Gasteiger partial charge < -0.3 is 9.64 Å². The van der Waals surface area contributed by atoms with Crippen molar-refractivity contribution in [2.45, 2.75) is 18.9 Å². The van der Waals surface area contributed by atoms with Gasteiger partial charge in [-0.15, -0.1) is 0 Å². The summed E-state index contributed by atoms with van der Waals surface area (Å²) in [6.07, 6.45) is 3.32. The number of hydrogen-bond acceptors (Lipinski definition) is 6. The van der Waals surface area contributed by atoms with Gasteiger partial charge in [0.2, 0.25) is 11.8 Å². The molecule has 0 atom stereocenters. The maximum absolute atomic E-state index is 12.4. The number of aromatic nitrogens is 4. The zero-order valence-corrected chi connectivity index (χ0v) is 15.2. The second-order valence-corrected chi connectivity index (χ2v) is 6.48. The monoisotopic (exact) mass is 363 g/mol. The zero-order chi connectivity index (χ0) is 18.6. The van der Waals surface area contributed by atoms with Crippen molar-refractivity contribution in [3.8, 4) is 17.1 Å². The molecule has 0 amide bonds. The molecule has 7 heteroatoms. The van der Waals surface area contributed by atoms with Gasteiger partial charge in [-0.1, -0.05) is 30.3 Å². The molecule has 1 fully saturated rings. The predicted octanol–water partition coefficient (Wildman–Crippen LogP) is 2.55. The van der Waals surface area contributed by atoms with Crippen LogP contribution in [0.3, 0.4) is 0 Å². The van der Waals surface area contributed by atoms with Crippen LogP contribution in [0, 0.1) is 0 Å². The number of nitrogens with zero attached hydrogens (tertiary/aromatic N) is 5. The van der Waals surface area contributed by atoms with Gasteiger partial charge in [0.05, 0.1) is 18.8 Å². The summed E-state index contributed by atoms with van der Waals surface area (Å²) in [6, 6.07) is 15.1. The van der Waals surface area contributed by atoms with Crippen LogP contribution in [0.2, 0.25) is 0 Å². The van der Waals surface area contributed by atoms with E-state index in [1.807, 2.05) is 30.3 Å². The summed E-state index contributed by atoms with van der Waals surface area (Å²) in [7, 11) is 1.59. The van der Waals surface area contributed by atoms with Gasteiger partial charge in [0.15, 0.2) is 0 Å². The molecule has 4 rings (SSSR count). The Morgan fingerprint density at radius 2 is 1.81 bits per heavy atom. The molecule has 0 N–H and O–H groups in total. The summed E-state index contributed by atoms with van der Waals surface area (Å²) in [6.45, 7) is 1.53. The highest BCUT2D eigenvalue weighted by Gasteiger charge is 2.24. The number of anilines is 1. The molecule has 1 aromatic carbocycles. The van der Waals surface area contributed by atoms with Gasteiger partial charge in [-0.3, -0.25) is 4.79 Å². The Morgan fingerprint density at radius 3 is 2.56 bits per heavy atom. The quantitative estimate of drug-likeness (QED) is 0.709. The summed E-state index contributed by atoms with van der Waals surface area (Å²) in [5.74, 6) is 1.21. The molecule has 0 saturated carbocycles. The number of piperidine rings is 1. The van der Waals surface area contributed by atoms with Crippen molar-refractivity contribution in [2.24, 2.45) is 0 Å². The minimum atomic E-state index is -0.0641. The van der Waals surface area contributed by atoms with Crippen molar-refractivity contribution >= 4 is 5.95 Å². The van der Waals surface area contributed by atoms with Crippen LogP contribution in [0.4, 0.5) is 5.95 Å². The second-order valence-electron chi connectivity index (χ2n) is 6.48. The van der Waals surface area contributed by atoms with Crippen LogP contribution in [0.15, 0.2) is 59.5 Å². The van der Waals surface area contributed by atoms with E-state index in [4.69, 9.17) is 4.74 Å². The van der Waals surface area contributed by atoms with E-state index in [1.165, 1.54) is 0 Å². The average Bonchev–Trinajstić information content (AvgIpc) is 2.75. The predicted molar refractivity (Wildman–Crippen MR) is 103 cm³/mol. The highest BCUT2D eigenvalue weighted by Crippen LogP contribution is 2.24. The Labute approximate surface area is 157 Å². The van der Waals surface area contributed by atoms with E-state index in [1.54, 1.807) is 36.2 Å². The number of ether oxygens (including phenoxy) is 1. The lowest BCUT2D eigenvalue weighted by Gasteiger charge is -2.32. The normalized spacial score (nSPS) is 14.9. The molecule has 2 aromatic heterocycles. The molecule has 27 heavy (non-hydrogen) atoms. The van der Waals surface area contributed by atoms with Gasteiger partial charge in [0.25, 0.3) is 5.56 Å². The van der Waals surface area contributed by atoms with Crippen molar-refractivity contribution in [2.75, 3.05) is 25.1 Å². The maximum Gasteiger partial charge on any atom is 0.267 e. The molecule has 0 spiro atoms. The molecule has 0 aliphatic carbocycles.